The minimum atomic E-state index is 0.0463. The summed E-state index contributed by atoms with van der Waals surface area (Å²) < 4.78 is 7.39. The number of benzene rings is 2. The summed E-state index contributed by atoms with van der Waals surface area (Å²) in [5, 5.41) is 1.56. The summed E-state index contributed by atoms with van der Waals surface area (Å²) in [6.45, 7) is 4.68. The van der Waals surface area contributed by atoms with Crippen molar-refractivity contribution in [2.24, 2.45) is 0 Å². The first kappa shape index (κ1) is 21.3. The molecular formula is C26H26N2O2S2. The van der Waals surface area contributed by atoms with Gasteiger partial charge in [-0.2, -0.15) is 0 Å². The molecule has 2 aromatic heterocycles. The quantitative estimate of drug-likeness (QED) is 0.248. The molecule has 2 heterocycles. The van der Waals surface area contributed by atoms with Gasteiger partial charge in [0.1, 0.15) is 10.6 Å². The van der Waals surface area contributed by atoms with Gasteiger partial charge in [0.05, 0.1) is 17.7 Å². The second-order valence-electron chi connectivity index (χ2n) is 8.13. The summed E-state index contributed by atoms with van der Waals surface area (Å²) in [5.74, 6) is 1.57. The number of rotatable bonds is 6. The van der Waals surface area contributed by atoms with Crippen LogP contribution in [-0.2, 0) is 18.6 Å². The number of aryl methyl sites for hydroxylation is 3. The maximum Gasteiger partial charge on any atom is 0.267 e. The van der Waals surface area contributed by atoms with Crippen LogP contribution in [0.25, 0.3) is 15.9 Å². The van der Waals surface area contributed by atoms with Crippen LogP contribution in [0.15, 0.2) is 58.5 Å². The molecular weight excluding hydrogens is 436 g/mol. The van der Waals surface area contributed by atoms with Gasteiger partial charge in [-0.05, 0) is 74.9 Å². The highest BCUT2D eigenvalue weighted by Crippen LogP contribution is 2.35. The molecule has 5 rings (SSSR count). The van der Waals surface area contributed by atoms with Crippen molar-refractivity contribution in [3.63, 3.8) is 0 Å². The molecule has 1 aliphatic carbocycles. The molecule has 0 radical (unpaired) electrons. The van der Waals surface area contributed by atoms with Crippen LogP contribution in [0.1, 0.15) is 41.3 Å². The Kier molecular flexibility index (Phi) is 6.07. The molecule has 1 aliphatic rings. The van der Waals surface area contributed by atoms with Crippen molar-refractivity contribution >= 4 is 33.3 Å². The lowest BCUT2D eigenvalue weighted by Crippen LogP contribution is -2.22. The number of thiophene rings is 1. The maximum atomic E-state index is 13.8. The molecule has 0 amide bonds. The highest BCUT2D eigenvalue weighted by molar-refractivity contribution is 7.98. The summed E-state index contributed by atoms with van der Waals surface area (Å²) in [7, 11) is 0. The molecule has 0 spiro atoms. The van der Waals surface area contributed by atoms with Crippen LogP contribution in [0.5, 0.6) is 5.75 Å². The molecule has 4 nitrogen and oxygen atoms in total. The second kappa shape index (κ2) is 9.12. The zero-order valence-electron chi connectivity index (χ0n) is 18.4. The highest BCUT2D eigenvalue weighted by atomic mass is 32.2. The fourth-order valence-corrected chi connectivity index (χ4v) is 6.47. The van der Waals surface area contributed by atoms with Crippen LogP contribution in [0.2, 0.25) is 0 Å². The van der Waals surface area contributed by atoms with Crippen LogP contribution >= 0.6 is 23.1 Å². The third kappa shape index (κ3) is 4.09. The molecule has 0 bridgehead atoms. The number of hydrogen-bond acceptors (Lipinski definition) is 5. The number of nitrogens with zero attached hydrogens (tertiary/aromatic N) is 2. The summed E-state index contributed by atoms with van der Waals surface area (Å²) >= 11 is 3.32. The Bertz CT molecular complexity index is 1310. The Balaban J connectivity index is 1.62. The minimum Gasteiger partial charge on any atom is -0.494 e. The molecule has 4 aromatic rings. The SMILES string of the molecule is CCOc1ccc(-n2c(SCc3ccc(C)cc3)nc3sc4c(c3c2=O)CCCC4)cc1. The lowest BCUT2D eigenvalue weighted by molar-refractivity contribution is 0.340. The lowest BCUT2D eigenvalue weighted by atomic mass is 9.97. The number of fused-ring (bicyclic) bond motifs is 3. The Morgan fingerprint density at radius 3 is 2.56 bits per heavy atom. The predicted molar refractivity (Wildman–Crippen MR) is 134 cm³/mol. The third-order valence-electron chi connectivity index (χ3n) is 5.85. The average Bonchev–Trinajstić information content (AvgIpc) is 3.18. The molecule has 164 valence electrons. The molecule has 2 aromatic carbocycles. The van der Waals surface area contributed by atoms with E-state index in [4.69, 9.17) is 9.72 Å². The first-order valence-corrected chi connectivity index (χ1v) is 12.9. The van der Waals surface area contributed by atoms with E-state index >= 15 is 0 Å². The minimum absolute atomic E-state index is 0.0463. The largest absolute Gasteiger partial charge is 0.494 e. The molecule has 0 fully saturated rings. The van der Waals surface area contributed by atoms with E-state index in [1.807, 2.05) is 31.2 Å². The van der Waals surface area contributed by atoms with Crippen LogP contribution < -0.4 is 10.3 Å². The first-order chi connectivity index (χ1) is 15.6. The topological polar surface area (TPSA) is 44.1 Å². The van der Waals surface area contributed by atoms with Gasteiger partial charge < -0.3 is 4.74 Å². The Morgan fingerprint density at radius 2 is 1.81 bits per heavy atom. The molecule has 0 N–H and O–H groups in total. The monoisotopic (exact) mass is 462 g/mol. The van der Waals surface area contributed by atoms with Crippen molar-refractivity contribution < 1.29 is 4.74 Å². The normalized spacial score (nSPS) is 13.3. The molecule has 0 unspecified atom stereocenters. The molecule has 32 heavy (non-hydrogen) atoms. The van der Waals surface area contributed by atoms with E-state index in [-0.39, 0.29) is 5.56 Å². The third-order valence-corrected chi connectivity index (χ3v) is 8.05. The van der Waals surface area contributed by atoms with Crippen LogP contribution in [-0.4, -0.2) is 16.2 Å². The summed E-state index contributed by atoms with van der Waals surface area (Å²) in [6, 6.07) is 16.3. The van der Waals surface area contributed by atoms with Crippen molar-refractivity contribution in [2.45, 2.75) is 50.4 Å². The predicted octanol–water partition coefficient (Wildman–Crippen LogP) is 6.33. The Labute approximate surface area is 196 Å². The second-order valence-corrected chi connectivity index (χ2v) is 10.2. The first-order valence-electron chi connectivity index (χ1n) is 11.1. The number of ether oxygens (including phenoxy) is 1. The number of aromatic nitrogens is 2. The van der Waals surface area contributed by atoms with Gasteiger partial charge in [0.25, 0.3) is 5.56 Å². The fraction of sp³-hybridized carbons (Fsp3) is 0.308. The molecule has 0 aliphatic heterocycles. The van der Waals surface area contributed by atoms with Crippen molar-refractivity contribution in [2.75, 3.05) is 6.61 Å². The van der Waals surface area contributed by atoms with Gasteiger partial charge in [-0.3, -0.25) is 9.36 Å². The fourth-order valence-electron chi connectivity index (χ4n) is 4.20. The van der Waals surface area contributed by atoms with E-state index in [0.29, 0.717) is 6.61 Å². The smallest absolute Gasteiger partial charge is 0.267 e. The van der Waals surface area contributed by atoms with Gasteiger partial charge >= 0.3 is 0 Å². The molecule has 0 saturated carbocycles. The average molecular weight is 463 g/mol. The summed E-state index contributed by atoms with van der Waals surface area (Å²) in [4.78, 5) is 21.1. The van der Waals surface area contributed by atoms with Crippen molar-refractivity contribution in [1.82, 2.24) is 9.55 Å². The summed E-state index contributed by atoms with van der Waals surface area (Å²) in [6.07, 6.45) is 4.38. The van der Waals surface area contributed by atoms with Gasteiger partial charge in [0, 0.05) is 10.6 Å². The Hall–Kier alpha value is -2.57. The van der Waals surface area contributed by atoms with Gasteiger partial charge in [0.15, 0.2) is 5.16 Å². The number of thioether (sulfide) groups is 1. The van der Waals surface area contributed by atoms with Gasteiger partial charge in [-0.25, -0.2) is 4.98 Å². The number of hydrogen-bond donors (Lipinski definition) is 0. The van der Waals surface area contributed by atoms with Gasteiger partial charge in [-0.15, -0.1) is 11.3 Å². The van der Waals surface area contributed by atoms with Crippen molar-refractivity contribution in [3.8, 4) is 11.4 Å². The van der Waals surface area contributed by atoms with E-state index in [0.717, 1.165) is 51.8 Å². The van der Waals surface area contributed by atoms with E-state index < -0.39 is 0 Å². The van der Waals surface area contributed by atoms with Crippen LogP contribution in [0, 0.1) is 6.92 Å². The van der Waals surface area contributed by atoms with Crippen molar-refractivity contribution in [3.05, 3.63) is 80.5 Å². The molecule has 0 saturated heterocycles. The van der Waals surface area contributed by atoms with Crippen LogP contribution in [0.3, 0.4) is 0 Å². The standard InChI is InChI=1S/C26H26N2O2S2/c1-3-30-20-14-12-19(13-15-20)28-25(29)23-21-6-4-5-7-22(21)32-24(23)27-26(28)31-16-18-10-8-17(2)9-11-18/h8-15H,3-7,16H2,1-2H3. The van der Waals surface area contributed by atoms with Gasteiger partial charge in [0.2, 0.25) is 0 Å². The van der Waals surface area contributed by atoms with Gasteiger partial charge in [-0.1, -0.05) is 41.6 Å². The molecule has 6 heteroatoms. The van der Waals surface area contributed by atoms with E-state index in [1.165, 1.54) is 28.0 Å². The Morgan fingerprint density at radius 1 is 1.06 bits per heavy atom. The highest BCUT2D eigenvalue weighted by Gasteiger charge is 2.23. The summed E-state index contributed by atoms with van der Waals surface area (Å²) in [5.41, 5.74) is 4.57. The van der Waals surface area contributed by atoms with Crippen molar-refractivity contribution in [1.29, 1.82) is 0 Å². The zero-order valence-corrected chi connectivity index (χ0v) is 20.0. The van der Waals surface area contributed by atoms with Crippen LogP contribution in [0.4, 0.5) is 0 Å². The molecule has 0 atom stereocenters. The zero-order chi connectivity index (χ0) is 22.1. The lowest BCUT2D eigenvalue weighted by Gasteiger charge is -2.14. The van der Waals surface area contributed by atoms with E-state index in [9.17, 15) is 4.79 Å². The van der Waals surface area contributed by atoms with E-state index in [2.05, 4.69) is 31.2 Å². The van der Waals surface area contributed by atoms with E-state index in [1.54, 1.807) is 27.7 Å². The maximum absolute atomic E-state index is 13.8.